The van der Waals surface area contributed by atoms with Crippen molar-refractivity contribution in [2.24, 2.45) is 5.92 Å². The molecule has 0 aliphatic carbocycles. The quantitative estimate of drug-likeness (QED) is 0.123. The monoisotopic (exact) mass is 453 g/mol. The number of hydroxylamine groups is 1. The molecular weight excluding hydrogens is 425 g/mol. The van der Waals surface area contributed by atoms with E-state index >= 15 is 0 Å². The predicted molar refractivity (Wildman–Crippen MR) is 114 cm³/mol. The zero-order valence-corrected chi connectivity index (χ0v) is 18.1. The number of furan rings is 1. The molecule has 0 bridgehead atoms. The number of carbonyl (C=O) groups excluding carboxylic acids is 2. The van der Waals surface area contributed by atoms with Gasteiger partial charge in [-0.3, -0.25) is 14.2 Å². The second-order valence-electron chi connectivity index (χ2n) is 7.04. The molecule has 0 fully saturated rings. The summed E-state index contributed by atoms with van der Waals surface area (Å²) in [4.78, 5) is 43.1. The van der Waals surface area contributed by atoms with Crippen LogP contribution in [0.1, 0.15) is 43.2 Å². The molecule has 1 aromatic carbocycles. The molecule has 1 heterocycles. The van der Waals surface area contributed by atoms with Crippen molar-refractivity contribution in [3.8, 4) is 11.3 Å². The number of hydrogen-bond acceptors (Lipinski definition) is 6. The van der Waals surface area contributed by atoms with E-state index in [2.05, 4.69) is 17.6 Å². The smallest absolute Gasteiger partial charge is 0.356 e. The molecule has 6 N–H and O–H groups in total. The van der Waals surface area contributed by atoms with E-state index in [4.69, 9.17) is 9.62 Å². The van der Waals surface area contributed by atoms with Gasteiger partial charge < -0.3 is 30.0 Å². The predicted octanol–water partition coefficient (Wildman–Crippen LogP) is 1.73. The minimum atomic E-state index is -4.41. The molecular formula is C20H28N3O7P. The van der Waals surface area contributed by atoms with Gasteiger partial charge in [-0.2, -0.15) is 0 Å². The van der Waals surface area contributed by atoms with Crippen LogP contribution in [0.2, 0.25) is 0 Å². The van der Waals surface area contributed by atoms with Crippen molar-refractivity contribution in [2.45, 2.75) is 32.6 Å². The molecule has 1 aromatic heterocycles. The van der Waals surface area contributed by atoms with Gasteiger partial charge in [0.2, 0.25) is 5.91 Å². The Labute approximate surface area is 180 Å². The van der Waals surface area contributed by atoms with Crippen LogP contribution in [0.25, 0.3) is 11.3 Å². The standard InChI is InChI=1S/C20H28N3O7P/c1-2-3-4-6-15(12-23-26)19(24)21-13-22-20(25)18-10-9-17(30-18)14-7-5-8-16(11-14)31(27,28)29/h5,7-11,15,23,26H,2-4,6,12-13H2,1H3,(H,21,24)(H,22,25)(H2,27,28,29)/t15-/m1/s1. The van der Waals surface area contributed by atoms with Gasteiger partial charge in [-0.25, -0.2) is 5.48 Å². The summed E-state index contributed by atoms with van der Waals surface area (Å²) in [5.41, 5.74) is 2.44. The van der Waals surface area contributed by atoms with Gasteiger partial charge in [0, 0.05) is 12.1 Å². The van der Waals surface area contributed by atoms with E-state index < -0.39 is 19.4 Å². The summed E-state index contributed by atoms with van der Waals surface area (Å²) in [7, 11) is -4.41. The Kier molecular flexibility index (Phi) is 9.42. The second kappa shape index (κ2) is 11.8. The second-order valence-corrected chi connectivity index (χ2v) is 8.64. The third-order valence-corrected chi connectivity index (χ3v) is 5.62. The van der Waals surface area contributed by atoms with Gasteiger partial charge in [0.15, 0.2) is 5.76 Å². The van der Waals surface area contributed by atoms with Gasteiger partial charge in [-0.05, 0) is 30.7 Å². The summed E-state index contributed by atoms with van der Waals surface area (Å²) < 4.78 is 16.9. The molecule has 0 unspecified atom stereocenters. The molecule has 2 aromatic rings. The minimum Gasteiger partial charge on any atom is -0.451 e. The van der Waals surface area contributed by atoms with Crippen molar-refractivity contribution in [2.75, 3.05) is 13.2 Å². The first-order valence-corrected chi connectivity index (χ1v) is 11.6. The first kappa shape index (κ1) is 24.8. The lowest BCUT2D eigenvalue weighted by molar-refractivity contribution is -0.125. The van der Waals surface area contributed by atoms with Crippen molar-refractivity contribution in [3.05, 3.63) is 42.2 Å². The van der Waals surface area contributed by atoms with E-state index in [-0.39, 0.29) is 35.9 Å². The fraction of sp³-hybridized carbons (Fsp3) is 0.400. The number of rotatable bonds is 12. The molecule has 0 aliphatic rings. The summed E-state index contributed by atoms with van der Waals surface area (Å²) in [6, 6.07) is 8.65. The SMILES string of the molecule is CCCCC[C@H](CNO)C(=O)NCNC(=O)c1ccc(-c2cccc(P(=O)(O)O)c2)o1. The first-order valence-electron chi connectivity index (χ1n) is 9.95. The molecule has 10 nitrogen and oxygen atoms in total. The number of hydrogen-bond donors (Lipinski definition) is 6. The molecule has 0 radical (unpaired) electrons. The van der Waals surface area contributed by atoms with Crippen molar-refractivity contribution in [3.63, 3.8) is 0 Å². The lowest BCUT2D eigenvalue weighted by atomic mass is 10.0. The summed E-state index contributed by atoms with van der Waals surface area (Å²) in [6.45, 7) is 2.07. The zero-order valence-electron chi connectivity index (χ0n) is 17.2. The van der Waals surface area contributed by atoms with Crippen LogP contribution in [0.15, 0.2) is 40.8 Å². The normalized spacial score (nSPS) is 12.4. The van der Waals surface area contributed by atoms with Crippen LogP contribution in [0.5, 0.6) is 0 Å². The van der Waals surface area contributed by atoms with Crippen LogP contribution < -0.4 is 21.4 Å². The number of unbranched alkanes of at least 4 members (excludes halogenated alkanes) is 2. The molecule has 170 valence electrons. The molecule has 11 heteroatoms. The highest BCUT2D eigenvalue weighted by Crippen LogP contribution is 2.34. The highest BCUT2D eigenvalue weighted by Gasteiger charge is 2.20. The topological polar surface area (TPSA) is 161 Å². The van der Waals surface area contributed by atoms with E-state index in [1.54, 1.807) is 6.07 Å². The van der Waals surface area contributed by atoms with Gasteiger partial charge in [0.1, 0.15) is 5.76 Å². The average molecular weight is 453 g/mol. The Hall–Kier alpha value is -2.49. The van der Waals surface area contributed by atoms with Crippen LogP contribution in [-0.2, 0) is 9.36 Å². The van der Waals surface area contributed by atoms with Gasteiger partial charge in [0.05, 0.1) is 17.9 Å². The van der Waals surface area contributed by atoms with Crippen molar-refractivity contribution in [1.29, 1.82) is 0 Å². The fourth-order valence-electron chi connectivity index (χ4n) is 2.98. The van der Waals surface area contributed by atoms with Crippen molar-refractivity contribution in [1.82, 2.24) is 16.1 Å². The first-order chi connectivity index (χ1) is 14.8. The average Bonchev–Trinajstić information content (AvgIpc) is 3.23. The third-order valence-electron chi connectivity index (χ3n) is 4.67. The van der Waals surface area contributed by atoms with Gasteiger partial charge in [-0.15, -0.1) is 0 Å². The summed E-state index contributed by atoms with van der Waals surface area (Å²) in [5.74, 6) is -0.991. The van der Waals surface area contributed by atoms with E-state index in [0.29, 0.717) is 12.0 Å². The van der Waals surface area contributed by atoms with Crippen LogP contribution >= 0.6 is 7.60 Å². The Morgan fingerprint density at radius 1 is 1.13 bits per heavy atom. The van der Waals surface area contributed by atoms with Gasteiger partial charge >= 0.3 is 7.60 Å². The Morgan fingerprint density at radius 2 is 1.90 bits per heavy atom. The maximum atomic E-state index is 12.3. The third kappa shape index (κ3) is 7.61. The number of carbonyl (C=O) groups is 2. The molecule has 0 spiro atoms. The molecule has 31 heavy (non-hydrogen) atoms. The van der Waals surface area contributed by atoms with Gasteiger partial charge in [-0.1, -0.05) is 38.3 Å². The maximum absolute atomic E-state index is 12.3. The Morgan fingerprint density at radius 3 is 2.58 bits per heavy atom. The maximum Gasteiger partial charge on any atom is 0.356 e. The molecule has 0 aliphatic heterocycles. The number of nitrogens with one attached hydrogen (secondary N) is 3. The van der Waals surface area contributed by atoms with Crippen molar-refractivity contribution >= 4 is 24.7 Å². The van der Waals surface area contributed by atoms with Gasteiger partial charge in [0.25, 0.3) is 5.91 Å². The van der Waals surface area contributed by atoms with E-state index in [1.165, 1.54) is 30.3 Å². The van der Waals surface area contributed by atoms with Crippen LogP contribution in [0.3, 0.4) is 0 Å². The molecule has 0 saturated heterocycles. The highest BCUT2D eigenvalue weighted by molar-refractivity contribution is 7.60. The Balaban J connectivity index is 1.92. The van der Waals surface area contributed by atoms with E-state index in [9.17, 15) is 23.9 Å². The van der Waals surface area contributed by atoms with E-state index in [1.807, 2.05) is 5.48 Å². The molecule has 1 atom stereocenters. The lowest BCUT2D eigenvalue weighted by Gasteiger charge is -2.16. The summed E-state index contributed by atoms with van der Waals surface area (Å²) in [6.07, 6.45) is 3.49. The van der Waals surface area contributed by atoms with Crippen LogP contribution in [0.4, 0.5) is 0 Å². The largest absolute Gasteiger partial charge is 0.451 e. The Bertz CT molecular complexity index is 925. The van der Waals surface area contributed by atoms with Crippen molar-refractivity contribution < 1.29 is 33.6 Å². The lowest BCUT2D eigenvalue weighted by Crippen LogP contribution is -2.42. The molecule has 2 amide bonds. The summed E-state index contributed by atoms with van der Waals surface area (Å²) >= 11 is 0. The zero-order chi connectivity index (χ0) is 22.9. The minimum absolute atomic E-state index is 0.0117. The molecule has 2 rings (SSSR count). The molecule has 0 saturated carbocycles. The fourth-order valence-corrected chi connectivity index (χ4v) is 3.56. The number of benzene rings is 1. The van der Waals surface area contributed by atoms with Crippen LogP contribution in [-0.4, -0.2) is 40.0 Å². The highest BCUT2D eigenvalue weighted by atomic mass is 31.2. The van der Waals surface area contributed by atoms with Crippen LogP contribution in [0, 0.1) is 5.92 Å². The van der Waals surface area contributed by atoms with E-state index in [0.717, 1.165) is 19.3 Å². The number of amides is 2. The summed E-state index contributed by atoms with van der Waals surface area (Å²) in [5, 5.41) is 13.9.